The minimum atomic E-state index is -0.0473. The van der Waals surface area contributed by atoms with E-state index in [1.54, 1.807) is 17.0 Å². The number of rotatable bonds is 5. The first kappa shape index (κ1) is 16.7. The van der Waals surface area contributed by atoms with E-state index in [0.29, 0.717) is 24.9 Å². The van der Waals surface area contributed by atoms with Crippen LogP contribution in [-0.4, -0.2) is 22.2 Å². The van der Waals surface area contributed by atoms with Crippen LogP contribution in [0.25, 0.3) is 0 Å². The molecular formula is C19H25N3O2. The zero-order chi connectivity index (χ0) is 16.9. The first-order valence-corrected chi connectivity index (χ1v) is 8.62. The van der Waals surface area contributed by atoms with Crippen molar-refractivity contribution in [3.63, 3.8) is 0 Å². The van der Waals surface area contributed by atoms with Crippen LogP contribution < -0.4 is 10.9 Å². The number of benzene rings is 1. The highest BCUT2D eigenvalue weighted by Crippen LogP contribution is 2.28. The van der Waals surface area contributed by atoms with E-state index in [4.69, 9.17) is 4.74 Å². The molecule has 0 radical (unpaired) electrons. The van der Waals surface area contributed by atoms with Crippen LogP contribution in [0.2, 0.25) is 0 Å². The Kier molecular flexibility index (Phi) is 5.30. The summed E-state index contributed by atoms with van der Waals surface area (Å²) in [5.74, 6) is 0.861. The Morgan fingerprint density at radius 2 is 2.12 bits per heavy atom. The van der Waals surface area contributed by atoms with Gasteiger partial charge in [0.15, 0.2) is 5.82 Å². The summed E-state index contributed by atoms with van der Waals surface area (Å²) in [6, 6.07) is 10.4. The topological polar surface area (TPSA) is 56.1 Å². The zero-order valence-corrected chi connectivity index (χ0v) is 14.3. The summed E-state index contributed by atoms with van der Waals surface area (Å²) in [7, 11) is 0. The zero-order valence-electron chi connectivity index (χ0n) is 14.3. The van der Waals surface area contributed by atoms with Gasteiger partial charge in [-0.05, 0) is 24.3 Å². The van der Waals surface area contributed by atoms with Gasteiger partial charge in [0, 0.05) is 31.6 Å². The Labute approximate surface area is 142 Å². The third-order valence-corrected chi connectivity index (χ3v) is 4.27. The lowest BCUT2D eigenvalue weighted by Gasteiger charge is -2.30. The standard InChI is InChI=1S/C19H25N3O2/c1-14(2)13-22-10-9-20-18(19(22)23)21-16-8-11-24-17(12-16)15-6-4-3-5-7-15/h3-7,9-10,14,16-17H,8,11-13H2,1-2H3,(H,20,21). The van der Waals surface area contributed by atoms with Crippen LogP contribution in [0.1, 0.15) is 38.4 Å². The lowest BCUT2D eigenvalue weighted by Crippen LogP contribution is -2.34. The quantitative estimate of drug-likeness (QED) is 0.916. The van der Waals surface area contributed by atoms with Gasteiger partial charge in [-0.3, -0.25) is 4.79 Å². The Hall–Kier alpha value is -2.14. The lowest BCUT2D eigenvalue weighted by molar-refractivity contribution is 0.00972. The van der Waals surface area contributed by atoms with Gasteiger partial charge in [0.05, 0.1) is 6.10 Å². The molecule has 0 spiro atoms. The smallest absolute Gasteiger partial charge is 0.293 e. The summed E-state index contributed by atoms with van der Waals surface area (Å²) < 4.78 is 7.62. The number of hydrogen-bond donors (Lipinski definition) is 1. The molecule has 1 aromatic heterocycles. The summed E-state index contributed by atoms with van der Waals surface area (Å²) in [5.41, 5.74) is 1.14. The third-order valence-electron chi connectivity index (χ3n) is 4.27. The molecule has 1 aliphatic heterocycles. The predicted molar refractivity (Wildman–Crippen MR) is 95.1 cm³/mol. The predicted octanol–water partition coefficient (Wildman–Crippen LogP) is 3.23. The first-order valence-electron chi connectivity index (χ1n) is 8.62. The monoisotopic (exact) mass is 327 g/mol. The Bertz CT molecular complexity index is 712. The SMILES string of the molecule is CC(C)Cn1ccnc(NC2CCOC(c3ccccc3)C2)c1=O. The van der Waals surface area contributed by atoms with Gasteiger partial charge in [0.1, 0.15) is 0 Å². The van der Waals surface area contributed by atoms with Gasteiger partial charge in [-0.1, -0.05) is 44.2 Å². The number of anilines is 1. The molecule has 128 valence electrons. The van der Waals surface area contributed by atoms with Crippen molar-refractivity contribution in [3.05, 3.63) is 58.6 Å². The van der Waals surface area contributed by atoms with Gasteiger partial charge in [-0.15, -0.1) is 0 Å². The fourth-order valence-corrected chi connectivity index (χ4v) is 3.10. The van der Waals surface area contributed by atoms with Crippen LogP contribution in [0.3, 0.4) is 0 Å². The normalized spacial score (nSPS) is 21.0. The van der Waals surface area contributed by atoms with Crippen LogP contribution in [0.15, 0.2) is 47.5 Å². The van der Waals surface area contributed by atoms with E-state index in [9.17, 15) is 4.79 Å². The molecule has 1 aromatic carbocycles. The summed E-state index contributed by atoms with van der Waals surface area (Å²) in [4.78, 5) is 16.8. The molecule has 5 heteroatoms. The maximum absolute atomic E-state index is 12.5. The Morgan fingerprint density at radius 1 is 1.33 bits per heavy atom. The van der Waals surface area contributed by atoms with E-state index in [1.165, 1.54) is 5.56 Å². The van der Waals surface area contributed by atoms with Crippen molar-refractivity contribution in [2.45, 2.75) is 45.4 Å². The number of nitrogens with one attached hydrogen (secondary N) is 1. The van der Waals surface area contributed by atoms with Gasteiger partial charge in [0.2, 0.25) is 0 Å². The second kappa shape index (κ2) is 7.62. The molecule has 5 nitrogen and oxygen atoms in total. The third kappa shape index (κ3) is 4.03. The highest BCUT2D eigenvalue weighted by Gasteiger charge is 2.24. The van der Waals surface area contributed by atoms with Crippen molar-refractivity contribution in [2.24, 2.45) is 5.92 Å². The Balaban J connectivity index is 1.71. The van der Waals surface area contributed by atoms with Crippen molar-refractivity contribution in [2.75, 3.05) is 11.9 Å². The molecule has 0 bridgehead atoms. The average Bonchev–Trinajstić information content (AvgIpc) is 2.59. The maximum atomic E-state index is 12.5. The molecule has 0 amide bonds. The number of ether oxygens (including phenoxy) is 1. The van der Waals surface area contributed by atoms with Gasteiger partial charge < -0.3 is 14.6 Å². The second-order valence-corrected chi connectivity index (χ2v) is 6.76. The molecule has 1 aliphatic rings. The molecule has 24 heavy (non-hydrogen) atoms. The van der Waals surface area contributed by atoms with Crippen molar-refractivity contribution in [1.82, 2.24) is 9.55 Å². The molecule has 0 aliphatic carbocycles. The van der Waals surface area contributed by atoms with E-state index < -0.39 is 0 Å². The molecule has 2 unspecified atom stereocenters. The molecule has 3 rings (SSSR count). The summed E-state index contributed by atoms with van der Waals surface area (Å²) >= 11 is 0. The maximum Gasteiger partial charge on any atom is 0.293 e. The van der Waals surface area contributed by atoms with Gasteiger partial charge in [-0.25, -0.2) is 4.98 Å². The molecule has 0 saturated carbocycles. The Morgan fingerprint density at radius 3 is 2.88 bits per heavy atom. The van der Waals surface area contributed by atoms with Gasteiger partial charge in [0.25, 0.3) is 5.56 Å². The molecule has 2 aromatic rings. The molecule has 1 N–H and O–H groups in total. The minimum Gasteiger partial charge on any atom is -0.373 e. The van der Waals surface area contributed by atoms with E-state index in [0.717, 1.165) is 12.8 Å². The molecular weight excluding hydrogens is 302 g/mol. The second-order valence-electron chi connectivity index (χ2n) is 6.76. The minimum absolute atomic E-state index is 0.0473. The van der Waals surface area contributed by atoms with Crippen LogP contribution in [0.5, 0.6) is 0 Å². The molecule has 2 heterocycles. The van der Waals surface area contributed by atoms with Crippen molar-refractivity contribution in [1.29, 1.82) is 0 Å². The molecule has 1 saturated heterocycles. The summed E-state index contributed by atoms with van der Waals surface area (Å²) in [6.07, 6.45) is 5.23. The number of aromatic nitrogens is 2. The van der Waals surface area contributed by atoms with Crippen LogP contribution in [0.4, 0.5) is 5.82 Å². The van der Waals surface area contributed by atoms with E-state index in [2.05, 4.69) is 36.3 Å². The number of hydrogen-bond acceptors (Lipinski definition) is 4. The van der Waals surface area contributed by atoms with Crippen LogP contribution in [0, 0.1) is 5.92 Å². The summed E-state index contributed by atoms with van der Waals surface area (Å²) in [6.45, 7) is 5.59. The van der Waals surface area contributed by atoms with E-state index >= 15 is 0 Å². The van der Waals surface area contributed by atoms with E-state index in [-0.39, 0.29) is 17.7 Å². The van der Waals surface area contributed by atoms with Crippen LogP contribution >= 0.6 is 0 Å². The molecule has 1 fully saturated rings. The van der Waals surface area contributed by atoms with Gasteiger partial charge in [-0.2, -0.15) is 0 Å². The highest BCUT2D eigenvalue weighted by molar-refractivity contribution is 5.33. The number of nitrogens with zero attached hydrogens (tertiary/aromatic N) is 2. The van der Waals surface area contributed by atoms with Crippen molar-refractivity contribution < 1.29 is 4.74 Å². The average molecular weight is 327 g/mol. The lowest BCUT2D eigenvalue weighted by atomic mass is 9.97. The van der Waals surface area contributed by atoms with E-state index in [1.807, 2.05) is 18.2 Å². The largest absolute Gasteiger partial charge is 0.373 e. The van der Waals surface area contributed by atoms with Gasteiger partial charge >= 0.3 is 0 Å². The van der Waals surface area contributed by atoms with Crippen LogP contribution in [-0.2, 0) is 11.3 Å². The highest BCUT2D eigenvalue weighted by atomic mass is 16.5. The fraction of sp³-hybridized carbons (Fsp3) is 0.474. The molecule has 2 atom stereocenters. The fourth-order valence-electron chi connectivity index (χ4n) is 3.10. The first-order chi connectivity index (χ1) is 11.6. The summed E-state index contributed by atoms with van der Waals surface area (Å²) in [5, 5.41) is 3.34. The van der Waals surface area contributed by atoms with Crippen molar-refractivity contribution >= 4 is 5.82 Å². The van der Waals surface area contributed by atoms with Crippen molar-refractivity contribution in [3.8, 4) is 0 Å².